The van der Waals surface area contributed by atoms with E-state index in [2.05, 4.69) is 4.90 Å². The average molecular weight is 337 g/mol. The molecule has 2 N–H and O–H groups in total. The minimum absolute atomic E-state index is 0.0500. The van der Waals surface area contributed by atoms with Crippen molar-refractivity contribution in [3.63, 3.8) is 0 Å². The maximum Gasteiger partial charge on any atom is 0.223 e. The SMILES string of the molecule is CC(=O)N1CCN(CCCOc2ccccc2F)C[C@@H](C(N)=O)C1. The van der Waals surface area contributed by atoms with Crippen LogP contribution in [0.2, 0.25) is 0 Å². The molecule has 0 aromatic heterocycles. The molecule has 0 radical (unpaired) electrons. The van der Waals surface area contributed by atoms with Crippen LogP contribution in [0, 0.1) is 11.7 Å². The van der Waals surface area contributed by atoms with Crippen molar-refractivity contribution in [3.05, 3.63) is 30.1 Å². The van der Waals surface area contributed by atoms with Crippen LogP contribution in [0.25, 0.3) is 0 Å². The Labute approximate surface area is 141 Å². The Hall–Kier alpha value is -2.15. The van der Waals surface area contributed by atoms with Crippen LogP contribution in [0.1, 0.15) is 13.3 Å². The molecule has 1 aliphatic heterocycles. The number of halogens is 1. The first-order valence-corrected chi connectivity index (χ1v) is 8.12. The van der Waals surface area contributed by atoms with Crippen LogP contribution in [-0.2, 0) is 9.59 Å². The van der Waals surface area contributed by atoms with Gasteiger partial charge in [0.2, 0.25) is 11.8 Å². The molecule has 1 aromatic carbocycles. The smallest absolute Gasteiger partial charge is 0.223 e. The Bertz CT molecular complexity index is 582. The molecular formula is C17H24FN3O3. The zero-order chi connectivity index (χ0) is 17.5. The molecular weight excluding hydrogens is 313 g/mol. The molecule has 6 nitrogen and oxygen atoms in total. The lowest BCUT2D eigenvalue weighted by atomic mass is 10.1. The van der Waals surface area contributed by atoms with Gasteiger partial charge in [-0.05, 0) is 18.6 Å². The molecule has 0 unspecified atom stereocenters. The van der Waals surface area contributed by atoms with Crippen LogP contribution < -0.4 is 10.5 Å². The fourth-order valence-corrected chi connectivity index (χ4v) is 2.78. The summed E-state index contributed by atoms with van der Waals surface area (Å²) in [6, 6.07) is 6.29. The number of benzene rings is 1. The molecule has 1 saturated heterocycles. The first kappa shape index (κ1) is 18.2. The standard InChI is InChI=1S/C17H24FN3O3/c1-13(22)21-9-8-20(11-14(12-21)17(19)23)7-4-10-24-16-6-3-2-5-15(16)18/h2-3,5-6,14H,4,7-12H2,1H3,(H2,19,23)/t14-/m1/s1. The molecule has 2 rings (SSSR count). The van der Waals surface area contributed by atoms with Crippen molar-refractivity contribution in [2.24, 2.45) is 11.7 Å². The van der Waals surface area contributed by atoms with Gasteiger partial charge in [-0.3, -0.25) is 9.59 Å². The van der Waals surface area contributed by atoms with Gasteiger partial charge in [0.05, 0.1) is 12.5 Å². The zero-order valence-electron chi connectivity index (χ0n) is 13.9. The van der Waals surface area contributed by atoms with E-state index in [9.17, 15) is 14.0 Å². The highest BCUT2D eigenvalue weighted by Gasteiger charge is 2.27. The van der Waals surface area contributed by atoms with Gasteiger partial charge in [0.1, 0.15) is 0 Å². The van der Waals surface area contributed by atoms with E-state index in [0.29, 0.717) is 45.8 Å². The van der Waals surface area contributed by atoms with E-state index >= 15 is 0 Å². The van der Waals surface area contributed by atoms with Crippen molar-refractivity contribution in [2.45, 2.75) is 13.3 Å². The van der Waals surface area contributed by atoms with Crippen molar-refractivity contribution in [1.29, 1.82) is 0 Å². The van der Waals surface area contributed by atoms with E-state index < -0.39 is 5.91 Å². The quantitative estimate of drug-likeness (QED) is 0.781. The number of hydrogen-bond donors (Lipinski definition) is 1. The molecule has 1 fully saturated rings. The second-order valence-electron chi connectivity index (χ2n) is 6.00. The van der Waals surface area contributed by atoms with Gasteiger partial charge >= 0.3 is 0 Å². The van der Waals surface area contributed by atoms with E-state index in [-0.39, 0.29) is 23.4 Å². The van der Waals surface area contributed by atoms with Gasteiger partial charge in [0, 0.05) is 39.6 Å². The van der Waals surface area contributed by atoms with Crippen molar-refractivity contribution < 1.29 is 18.7 Å². The van der Waals surface area contributed by atoms with E-state index in [1.165, 1.54) is 13.0 Å². The summed E-state index contributed by atoms with van der Waals surface area (Å²) in [4.78, 5) is 26.9. The maximum atomic E-state index is 13.5. The van der Waals surface area contributed by atoms with Crippen LogP contribution in [0.4, 0.5) is 4.39 Å². The third-order valence-electron chi connectivity index (χ3n) is 4.17. The second-order valence-corrected chi connectivity index (χ2v) is 6.00. The highest BCUT2D eigenvalue weighted by molar-refractivity contribution is 5.79. The lowest BCUT2D eigenvalue weighted by Crippen LogP contribution is -2.39. The zero-order valence-corrected chi connectivity index (χ0v) is 13.9. The minimum Gasteiger partial charge on any atom is -0.490 e. The molecule has 0 spiro atoms. The lowest BCUT2D eigenvalue weighted by molar-refractivity contribution is -0.130. The maximum absolute atomic E-state index is 13.5. The molecule has 132 valence electrons. The van der Waals surface area contributed by atoms with Crippen LogP contribution in [0.3, 0.4) is 0 Å². The summed E-state index contributed by atoms with van der Waals surface area (Å²) in [5, 5.41) is 0. The number of primary amides is 1. The van der Waals surface area contributed by atoms with E-state index in [1.807, 2.05) is 0 Å². The van der Waals surface area contributed by atoms with E-state index in [1.54, 1.807) is 23.1 Å². The van der Waals surface area contributed by atoms with Crippen molar-refractivity contribution in [3.8, 4) is 5.75 Å². The molecule has 1 heterocycles. The summed E-state index contributed by atoms with van der Waals surface area (Å²) in [6.07, 6.45) is 0.694. The largest absolute Gasteiger partial charge is 0.490 e. The molecule has 7 heteroatoms. The van der Waals surface area contributed by atoms with Crippen LogP contribution in [0.15, 0.2) is 24.3 Å². The minimum atomic E-state index is -0.393. The highest BCUT2D eigenvalue weighted by Crippen LogP contribution is 2.16. The number of hydrogen-bond acceptors (Lipinski definition) is 4. The summed E-state index contributed by atoms with van der Waals surface area (Å²) < 4.78 is 18.9. The number of para-hydroxylation sites is 1. The van der Waals surface area contributed by atoms with Gasteiger partial charge in [0.15, 0.2) is 11.6 Å². The Balaban J connectivity index is 1.82. The summed E-state index contributed by atoms with van der Waals surface area (Å²) in [5.74, 6) is -0.949. The molecule has 2 amide bonds. The first-order valence-electron chi connectivity index (χ1n) is 8.12. The van der Waals surface area contributed by atoms with Gasteiger partial charge in [-0.15, -0.1) is 0 Å². The van der Waals surface area contributed by atoms with Crippen LogP contribution in [0.5, 0.6) is 5.75 Å². The van der Waals surface area contributed by atoms with Crippen molar-refractivity contribution in [2.75, 3.05) is 39.3 Å². The Kier molecular flexibility index (Phi) is 6.54. The summed E-state index contributed by atoms with van der Waals surface area (Å²) in [7, 11) is 0. The number of nitrogens with two attached hydrogens (primary N) is 1. The molecule has 1 atom stereocenters. The average Bonchev–Trinajstić information content (AvgIpc) is 2.76. The highest BCUT2D eigenvalue weighted by atomic mass is 19.1. The number of rotatable bonds is 6. The summed E-state index contributed by atoms with van der Waals surface area (Å²) in [5.41, 5.74) is 5.44. The number of nitrogens with zero attached hydrogens (tertiary/aromatic N) is 2. The van der Waals surface area contributed by atoms with Gasteiger partial charge < -0.3 is 20.3 Å². The summed E-state index contributed by atoms with van der Waals surface area (Å²) in [6.45, 7) is 4.73. The Morgan fingerprint density at radius 2 is 2.04 bits per heavy atom. The normalized spacial score (nSPS) is 18.9. The fourth-order valence-electron chi connectivity index (χ4n) is 2.78. The van der Waals surface area contributed by atoms with Crippen LogP contribution >= 0.6 is 0 Å². The first-order chi connectivity index (χ1) is 11.5. The molecule has 0 saturated carbocycles. The third-order valence-corrected chi connectivity index (χ3v) is 4.17. The molecule has 1 aromatic rings. The van der Waals surface area contributed by atoms with Gasteiger partial charge in [-0.1, -0.05) is 12.1 Å². The molecule has 0 aliphatic carbocycles. The van der Waals surface area contributed by atoms with Crippen molar-refractivity contribution in [1.82, 2.24) is 9.80 Å². The Morgan fingerprint density at radius 3 is 2.71 bits per heavy atom. The van der Waals surface area contributed by atoms with Gasteiger partial charge in [-0.2, -0.15) is 0 Å². The third kappa shape index (κ3) is 5.19. The van der Waals surface area contributed by atoms with Crippen molar-refractivity contribution >= 4 is 11.8 Å². The predicted molar refractivity (Wildman–Crippen MR) is 87.9 cm³/mol. The Morgan fingerprint density at radius 1 is 1.29 bits per heavy atom. The van der Waals surface area contributed by atoms with Crippen LogP contribution in [-0.4, -0.2) is 60.9 Å². The fraction of sp³-hybridized carbons (Fsp3) is 0.529. The molecule has 0 bridgehead atoms. The number of carbonyl (C=O) groups excluding carboxylic acids is 2. The molecule has 1 aliphatic rings. The summed E-state index contributed by atoms with van der Waals surface area (Å²) >= 11 is 0. The second kappa shape index (κ2) is 8.63. The molecule has 24 heavy (non-hydrogen) atoms. The van der Waals surface area contributed by atoms with E-state index in [4.69, 9.17) is 10.5 Å². The predicted octanol–water partition coefficient (Wildman–Crippen LogP) is 0.860. The number of amides is 2. The topological polar surface area (TPSA) is 75.9 Å². The van der Waals surface area contributed by atoms with Gasteiger partial charge in [0.25, 0.3) is 0 Å². The monoisotopic (exact) mass is 337 g/mol. The van der Waals surface area contributed by atoms with E-state index in [0.717, 1.165) is 0 Å². The number of carbonyl (C=O) groups is 2. The lowest BCUT2D eigenvalue weighted by Gasteiger charge is -2.21. The van der Waals surface area contributed by atoms with Gasteiger partial charge in [-0.25, -0.2) is 4.39 Å². The number of ether oxygens (including phenoxy) is 1.